The third kappa shape index (κ3) is 6.79. The summed E-state index contributed by atoms with van der Waals surface area (Å²) < 4.78 is 0. The molecule has 0 unspecified atom stereocenters. The molecule has 0 spiro atoms. The fourth-order valence-electron chi connectivity index (χ4n) is 4.26. The van der Waals surface area contributed by atoms with E-state index >= 15 is 0 Å². The van der Waals surface area contributed by atoms with Crippen molar-refractivity contribution in [2.45, 2.75) is 0 Å². The summed E-state index contributed by atoms with van der Waals surface area (Å²) in [5.74, 6) is 25.0. The number of rotatable bonds is 2. The van der Waals surface area contributed by atoms with E-state index in [2.05, 4.69) is 95.2 Å². The van der Waals surface area contributed by atoms with Crippen LogP contribution in [-0.2, 0) is 0 Å². The average molecular weight is 527 g/mol. The maximum absolute atomic E-state index is 3.22. The summed E-state index contributed by atoms with van der Waals surface area (Å²) in [6.45, 7) is 0. The monoisotopic (exact) mass is 526 g/mol. The molecule has 0 bridgehead atoms. The second-order valence-corrected chi connectivity index (χ2v) is 9.48. The van der Waals surface area contributed by atoms with Crippen molar-refractivity contribution in [3.05, 3.63) is 189 Å². The molecule has 0 fully saturated rings. The van der Waals surface area contributed by atoms with Crippen LogP contribution in [0, 0.1) is 47.4 Å². The first-order valence-corrected chi connectivity index (χ1v) is 13.5. The fraction of sp³-hybridized carbons (Fsp3) is 0. The highest BCUT2D eigenvalue weighted by Gasteiger charge is 2.00. The van der Waals surface area contributed by atoms with Crippen LogP contribution in [0.4, 0.5) is 0 Å². The van der Waals surface area contributed by atoms with E-state index < -0.39 is 0 Å². The number of hydrogen-bond donors (Lipinski definition) is 0. The predicted molar refractivity (Wildman–Crippen MR) is 173 cm³/mol. The molecule has 0 heterocycles. The molecule has 2 aliphatic rings. The summed E-state index contributed by atoms with van der Waals surface area (Å²) in [7, 11) is 0. The van der Waals surface area contributed by atoms with Gasteiger partial charge in [-0.05, 0) is 120 Å². The zero-order chi connectivity index (χ0) is 28.4. The van der Waals surface area contributed by atoms with Crippen molar-refractivity contribution >= 4 is 11.1 Å². The predicted octanol–water partition coefficient (Wildman–Crippen LogP) is 8.11. The zero-order valence-electron chi connectivity index (χ0n) is 22.7. The van der Waals surface area contributed by atoms with Gasteiger partial charge in [-0.1, -0.05) is 71.9 Å². The van der Waals surface area contributed by atoms with E-state index in [1.807, 2.05) is 97.1 Å². The summed E-state index contributed by atoms with van der Waals surface area (Å²) in [5, 5.41) is 0. The second-order valence-electron chi connectivity index (χ2n) is 9.48. The first-order chi connectivity index (χ1) is 20.8. The lowest BCUT2D eigenvalue weighted by Crippen LogP contribution is -1.81. The molecule has 0 nitrogen and oxygen atoms in total. The lowest BCUT2D eigenvalue weighted by Gasteiger charge is -1.98. The first-order valence-electron chi connectivity index (χ1n) is 13.5. The Bertz CT molecular complexity index is 1940. The van der Waals surface area contributed by atoms with Crippen LogP contribution in [-0.4, -0.2) is 0 Å². The summed E-state index contributed by atoms with van der Waals surface area (Å²) in [4.78, 5) is 0. The standard InChI is InChI=1S/C42H22/c1(7-33-13-17-35(18-14-33)21-23-37-25-29-41(30-26-37)39-9-3-4-10-39)2-8-34-15-19-36(20-16-34)22-24-38-27-31-42(32-28-38)40-11-5-6-12-40/h3-6,9,11,13-20,25-32H. The molecule has 0 saturated carbocycles. The van der Waals surface area contributed by atoms with Gasteiger partial charge < -0.3 is 0 Å². The third-order valence-corrected chi connectivity index (χ3v) is 6.54. The van der Waals surface area contributed by atoms with Gasteiger partial charge in [-0.15, -0.1) is 11.5 Å². The van der Waals surface area contributed by atoms with E-state index in [1.165, 1.54) is 0 Å². The molecule has 0 aliphatic heterocycles. The van der Waals surface area contributed by atoms with Gasteiger partial charge in [-0.3, -0.25) is 0 Å². The van der Waals surface area contributed by atoms with Crippen molar-refractivity contribution < 1.29 is 0 Å². The van der Waals surface area contributed by atoms with E-state index in [-0.39, 0.29) is 0 Å². The van der Waals surface area contributed by atoms with Crippen molar-refractivity contribution in [1.82, 2.24) is 0 Å². The summed E-state index contributed by atoms with van der Waals surface area (Å²) >= 11 is 0. The van der Waals surface area contributed by atoms with Gasteiger partial charge >= 0.3 is 0 Å². The van der Waals surface area contributed by atoms with Crippen molar-refractivity contribution in [2.75, 3.05) is 0 Å². The lowest BCUT2D eigenvalue weighted by molar-refractivity contribution is 1.58. The molecule has 6 rings (SSSR count). The van der Waals surface area contributed by atoms with Gasteiger partial charge in [-0.25, -0.2) is 0 Å². The molecular formula is C42H22. The topological polar surface area (TPSA) is 0 Å². The second kappa shape index (κ2) is 12.7. The van der Waals surface area contributed by atoms with Gasteiger partial charge in [0.2, 0.25) is 0 Å². The maximum Gasteiger partial charge on any atom is 0.0256 e. The van der Waals surface area contributed by atoms with Gasteiger partial charge in [0.1, 0.15) is 0 Å². The Labute approximate surface area is 247 Å². The van der Waals surface area contributed by atoms with Crippen molar-refractivity contribution in [1.29, 1.82) is 0 Å². The lowest BCUT2D eigenvalue weighted by atomic mass is 10.1. The minimum absolute atomic E-state index is 0.900. The Hall–Kier alpha value is -6.36. The molecule has 0 radical (unpaired) electrons. The van der Waals surface area contributed by atoms with Crippen LogP contribution < -0.4 is 0 Å². The van der Waals surface area contributed by atoms with Gasteiger partial charge in [-0.2, -0.15) is 0 Å². The van der Waals surface area contributed by atoms with E-state index in [9.17, 15) is 0 Å². The largest absolute Gasteiger partial charge is 0.112 e. The highest BCUT2D eigenvalue weighted by atomic mass is 14.0. The van der Waals surface area contributed by atoms with Crippen LogP contribution in [0.25, 0.3) is 11.1 Å². The van der Waals surface area contributed by atoms with Crippen LogP contribution >= 0.6 is 0 Å². The molecule has 0 amide bonds. The quantitative estimate of drug-likeness (QED) is 0.183. The SMILES string of the molecule is C1=CC=CC=1c1ccc(C#Cc2ccc(C#CC#Cc3ccc(C#Cc4ccc(C5=C=CC=C5)cc4)cc3)cc2)cc1. The Balaban J connectivity index is 1.03. The Morgan fingerprint density at radius 3 is 0.905 bits per heavy atom. The molecule has 0 atom stereocenters. The zero-order valence-corrected chi connectivity index (χ0v) is 22.7. The van der Waals surface area contributed by atoms with Crippen molar-refractivity contribution in [3.8, 4) is 47.4 Å². The number of benzene rings is 4. The summed E-state index contributed by atoms with van der Waals surface area (Å²) in [5.41, 5.74) is 16.5. The van der Waals surface area contributed by atoms with Gasteiger partial charge in [0.05, 0.1) is 0 Å². The van der Waals surface area contributed by atoms with Gasteiger partial charge in [0.15, 0.2) is 0 Å². The number of allylic oxidation sites excluding steroid dienone is 6. The molecule has 0 heteroatoms. The van der Waals surface area contributed by atoms with E-state index in [1.54, 1.807) is 0 Å². The molecule has 0 N–H and O–H groups in total. The highest BCUT2D eigenvalue weighted by Crippen LogP contribution is 2.19. The molecule has 42 heavy (non-hydrogen) atoms. The van der Waals surface area contributed by atoms with Crippen LogP contribution in [0.5, 0.6) is 0 Å². The number of hydrogen-bond acceptors (Lipinski definition) is 0. The highest BCUT2D eigenvalue weighted by molar-refractivity contribution is 5.77. The summed E-state index contributed by atoms with van der Waals surface area (Å²) in [6.07, 6.45) is 11.9. The minimum atomic E-state index is 0.900. The Morgan fingerprint density at radius 2 is 0.619 bits per heavy atom. The van der Waals surface area contributed by atoms with Crippen LogP contribution in [0.15, 0.2) is 145 Å². The minimum Gasteiger partial charge on any atom is -0.112 e. The Kier molecular flexibility index (Phi) is 7.81. The van der Waals surface area contributed by atoms with Crippen LogP contribution in [0.2, 0.25) is 0 Å². The van der Waals surface area contributed by atoms with Crippen molar-refractivity contribution in [2.24, 2.45) is 0 Å². The smallest absolute Gasteiger partial charge is 0.0256 e. The van der Waals surface area contributed by atoms with Crippen LogP contribution in [0.3, 0.4) is 0 Å². The van der Waals surface area contributed by atoms with E-state index in [0.29, 0.717) is 0 Å². The molecule has 190 valence electrons. The Morgan fingerprint density at radius 1 is 0.333 bits per heavy atom. The maximum atomic E-state index is 3.22. The average Bonchev–Trinajstić information content (AvgIpc) is 3.79. The van der Waals surface area contributed by atoms with Gasteiger partial charge in [0, 0.05) is 44.5 Å². The molecule has 0 aromatic heterocycles. The van der Waals surface area contributed by atoms with Crippen LogP contribution in [0.1, 0.15) is 44.5 Å². The molecule has 2 aliphatic carbocycles. The molecule has 4 aromatic rings. The third-order valence-electron chi connectivity index (χ3n) is 6.54. The molecule has 0 saturated heterocycles. The van der Waals surface area contributed by atoms with Gasteiger partial charge in [0.25, 0.3) is 0 Å². The normalized spacial score (nSPS) is 11.6. The van der Waals surface area contributed by atoms with E-state index in [0.717, 1.165) is 55.7 Å². The fourth-order valence-corrected chi connectivity index (χ4v) is 4.26. The molecular weight excluding hydrogens is 504 g/mol. The first kappa shape index (κ1) is 25.9. The molecule has 4 aromatic carbocycles. The van der Waals surface area contributed by atoms with E-state index in [4.69, 9.17) is 0 Å². The van der Waals surface area contributed by atoms with Crippen molar-refractivity contribution in [3.63, 3.8) is 0 Å². The summed E-state index contributed by atoms with van der Waals surface area (Å²) in [6, 6.07) is 32.2.